The van der Waals surface area contributed by atoms with Crippen molar-refractivity contribution >= 4 is 5.96 Å². The van der Waals surface area contributed by atoms with Gasteiger partial charge in [-0.1, -0.05) is 30.3 Å². The van der Waals surface area contributed by atoms with Crippen LogP contribution in [-0.4, -0.2) is 25.8 Å². The maximum absolute atomic E-state index is 6.14. The summed E-state index contributed by atoms with van der Waals surface area (Å²) in [7, 11) is 0. The molecule has 6 nitrogen and oxygen atoms in total. The molecule has 0 saturated heterocycles. The number of nitrogens with zero attached hydrogens (tertiary/aromatic N) is 1. The first-order valence-electron chi connectivity index (χ1n) is 8.97. The molecule has 2 aliphatic rings. The number of nitrogens with one attached hydrogen (secondary N) is 1. The molecule has 26 heavy (non-hydrogen) atoms. The lowest BCUT2D eigenvalue weighted by atomic mass is 10.0. The molecule has 0 radical (unpaired) electrons. The number of ether oxygens (including phenoxy) is 3. The number of para-hydroxylation sites is 2. The minimum Gasteiger partial charge on any atom is -0.493 e. The molecule has 3 N–H and O–H groups in total. The molecule has 2 aliphatic heterocycles. The molecule has 2 aromatic rings. The van der Waals surface area contributed by atoms with E-state index in [1.807, 2.05) is 36.4 Å². The van der Waals surface area contributed by atoms with Crippen molar-refractivity contribution in [2.75, 3.05) is 19.8 Å². The second-order valence-electron chi connectivity index (χ2n) is 6.37. The fourth-order valence-electron chi connectivity index (χ4n) is 3.27. The lowest BCUT2D eigenvalue weighted by molar-refractivity contribution is 0.262. The Morgan fingerprint density at radius 2 is 1.81 bits per heavy atom. The minimum atomic E-state index is 0.108. The molecule has 2 aromatic carbocycles. The molecule has 0 saturated carbocycles. The summed E-state index contributed by atoms with van der Waals surface area (Å²) in [6.45, 7) is 2.43. The second kappa shape index (κ2) is 7.56. The number of guanidine groups is 1. The number of benzene rings is 2. The van der Waals surface area contributed by atoms with Crippen LogP contribution in [0.25, 0.3) is 0 Å². The summed E-state index contributed by atoms with van der Waals surface area (Å²) < 4.78 is 17.2. The molecule has 1 atom stereocenters. The highest BCUT2D eigenvalue weighted by Crippen LogP contribution is 2.34. The Balaban J connectivity index is 1.47. The third-order valence-electron chi connectivity index (χ3n) is 4.55. The zero-order valence-electron chi connectivity index (χ0n) is 14.6. The van der Waals surface area contributed by atoms with E-state index in [1.165, 1.54) is 0 Å². The molecule has 4 rings (SSSR count). The molecule has 0 fully saturated rings. The van der Waals surface area contributed by atoms with Crippen molar-refractivity contribution < 1.29 is 14.2 Å². The van der Waals surface area contributed by atoms with Gasteiger partial charge in [-0.05, 0) is 12.1 Å². The Labute approximate surface area is 153 Å². The van der Waals surface area contributed by atoms with Crippen molar-refractivity contribution in [3.05, 3.63) is 53.6 Å². The van der Waals surface area contributed by atoms with Gasteiger partial charge in [0.1, 0.15) is 5.75 Å². The topological polar surface area (TPSA) is 78.1 Å². The molecule has 0 aliphatic carbocycles. The monoisotopic (exact) mass is 353 g/mol. The van der Waals surface area contributed by atoms with Gasteiger partial charge < -0.3 is 25.3 Å². The van der Waals surface area contributed by atoms with E-state index in [0.717, 1.165) is 41.2 Å². The Morgan fingerprint density at radius 3 is 2.77 bits per heavy atom. The standard InChI is InChI=1S/C20H23N3O3/c21-20(23-16-9-12-25-17-7-2-1-6-15(16)17)22-13-14-5-3-8-18-19(14)26-11-4-10-24-18/h1-3,5-8,16H,4,9-13H2,(H3,21,22,23). The van der Waals surface area contributed by atoms with E-state index < -0.39 is 0 Å². The van der Waals surface area contributed by atoms with Crippen LogP contribution >= 0.6 is 0 Å². The van der Waals surface area contributed by atoms with E-state index in [9.17, 15) is 0 Å². The van der Waals surface area contributed by atoms with Gasteiger partial charge in [-0.15, -0.1) is 0 Å². The molecule has 136 valence electrons. The van der Waals surface area contributed by atoms with E-state index in [2.05, 4.69) is 16.4 Å². The smallest absolute Gasteiger partial charge is 0.189 e. The average molecular weight is 353 g/mol. The van der Waals surface area contributed by atoms with Crippen LogP contribution in [0.1, 0.15) is 30.0 Å². The SMILES string of the molecule is NC(=NCc1cccc2c1OCCCO2)NC1CCOc2ccccc21. The van der Waals surface area contributed by atoms with Crippen molar-refractivity contribution in [3.8, 4) is 17.2 Å². The number of hydrogen-bond donors (Lipinski definition) is 2. The van der Waals surface area contributed by atoms with Crippen LogP contribution in [0.3, 0.4) is 0 Å². The van der Waals surface area contributed by atoms with Gasteiger partial charge in [-0.25, -0.2) is 4.99 Å². The average Bonchev–Trinajstić information content (AvgIpc) is 2.92. The predicted molar refractivity (Wildman–Crippen MR) is 99.8 cm³/mol. The van der Waals surface area contributed by atoms with Crippen molar-refractivity contribution in [1.29, 1.82) is 0 Å². The van der Waals surface area contributed by atoms with Crippen LogP contribution < -0.4 is 25.3 Å². The lowest BCUT2D eigenvalue weighted by Crippen LogP contribution is -2.37. The fraction of sp³-hybridized carbons (Fsp3) is 0.350. The highest BCUT2D eigenvalue weighted by atomic mass is 16.5. The Hall–Kier alpha value is -2.89. The molecular weight excluding hydrogens is 330 g/mol. The van der Waals surface area contributed by atoms with E-state index >= 15 is 0 Å². The largest absolute Gasteiger partial charge is 0.493 e. The number of rotatable bonds is 3. The van der Waals surface area contributed by atoms with Crippen LogP contribution in [0, 0.1) is 0 Å². The van der Waals surface area contributed by atoms with Crippen LogP contribution in [0.4, 0.5) is 0 Å². The lowest BCUT2D eigenvalue weighted by Gasteiger charge is -2.27. The van der Waals surface area contributed by atoms with Gasteiger partial charge >= 0.3 is 0 Å². The minimum absolute atomic E-state index is 0.108. The van der Waals surface area contributed by atoms with Crippen LogP contribution in [0.15, 0.2) is 47.5 Å². The predicted octanol–water partition coefficient (Wildman–Crippen LogP) is 2.78. The number of aliphatic imine (C=N–C) groups is 1. The Kier molecular flexibility index (Phi) is 4.82. The number of nitrogens with two attached hydrogens (primary N) is 1. The molecule has 2 heterocycles. The number of fused-ring (bicyclic) bond motifs is 2. The first kappa shape index (κ1) is 16.6. The third kappa shape index (κ3) is 3.54. The van der Waals surface area contributed by atoms with E-state index in [4.69, 9.17) is 19.9 Å². The van der Waals surface area contributed by atoms with Gasteiger partial charge in [0, 0.05) is 24.0 Å². The van der Waals surface area contributed by atoms with Crippen LogP contribution in [-0.2, 0) is 6.54 Å². The summed E-state index contributed by atoms with van der Waals surface area (Å²) in [6.07, 6.45) is 1.73. The van der Waals surface area contributed by atoms with E-state index in [-0.39, 0.29) is 6.04 Å². The molecule has 0 aromatic heterocycles. The summed E-state index contributed by atoms with van der Waals surface area (Å²) in [6, 6.07) is 14.0. The quantitative estimate of drug-likeness (QED) is 0.655. The highest BCUT2D eigenvalue weighted by molar-refractivity contribution is 5.78. The van der Waals surface area contributed by atoms with Crippen molar-refractivity contribution in [3.63, 3.8) is 0 Å². The summed E-state index contributed by atoms with van der Waals surface area (Å²) in [5.74, 6) is 2.87. The van der Waals surface area contributed by atoms with Gasteiger partial charge in [0.05, 0.1) is 32.4 Å². The first-order valence-corrected chi connectivity index (χ1v) is 8.97. The molecule has 1 unspecified atom stereocenters. The third-order valence-corrected chi connectivity index (χ3v) is 4.55. The van der Waals surface area contributed by atoms with E-state index in [1.54, 1.807) is 0 Å². The summed E-state index contributed by atoms with van der Waals surface area (Å²) in [5, 5.41) is 3.31. The highest BCUT2D eigenvalue weighted by Gasteiger charge is 2.21. The van der Waals surface area contributed by atoms with Crippen molar-refractivity contribution in [2.45, 2.75) is 25.4 Å². The summed E-state index contributed by atoms with van der Waals surface area (Å²) in [4.78, 5) is 4.51. The fourth-order valence-corrected chi connectivity index (χ4v) is 3.27. The summed E-state index contributed by atoms with van der Waals surface area (Å²) in [5.41, 5.74) is 8.23. The van der Waals surface area contributed by atoms with Gasteiger partial charge in [0.25, 0.3) is 0 Å². The van der Waals surface area contributed by atoms with Crippen molar-refractivity contribution in [1.82, 2.24) is 5.32 Å². The number of hydrogen-bond acceptors (Lipinski definition) is 4. The Bertz CT molecular complexity index is 807. The van der Waals surface area contributed by atoms with Gasteiger partial charge in [-0.2, -0.15) is 0 Å². The van der Waals surface area contributed by atoms with Crippen molar-refractivity contribution in [2.24, 2.45) is 10.7 Å². The maximum Gasteiger partial charge on any atom is 0.189 e. The van der Waals surface area contributed by atoms with Gasteiger partial charge in [-0.3, -0.25) is 0 Å². The van der Waals surface area contributed by atoms with E-state index in [0.29, 0.717) is 32.3 Å². The van der Waals surface area contributed by atoms with Crippen LogP contribution in [0.2, 0.25) is 0 Å². The summed E-state index contributed by atoms with van der Waals surface area (Å²) >= 11 is 0. The molecule has 0 bridgehead atoms. The zero-order valence-corrected chi connectivity index (χ0v) is 14.6. The zero-order chi connectivity index (χ0) is 17.8. The molecule has 0 spiro atoms. The van der Waals surface area contributed by atoms with Gasteiger partial charge in [0.15, 0.2) is 17.5 Å². The second-order valence-corrected chi connectivity index (χ2v) is 6.37. The molecule has 0 amide bonds. The first-order chi connectivity index (χ1) is 12.8. The maximum atomic E-state index is 6.14. The van der Waals surface area contributed by atoms with Gasteiger partial charge in [0.2, 0.25) is 0 Å². The van der Waals surface area contributed by atoms with Crippen LogP contribution in [0.5, 0.6) is 17.2 Å². The Morgan fingerprint density at radius 1 is 1.00 bits per heavy atom. The molecular formula is C20H23N3O3. The normalized spacial score (nSPS) is 19.1. The molecule has 6 heteroatoms.